The second-order valence-corrected chi connectivity index (χ2v) is 7.46. The number of aromatic nitrogens is 2. The maximum atomic E-state index is 12.4. The number of benzene rings is 1. The molecule has 0 spiro atoms. The number of likely N-dealkylation sites (N-methyl/N-ethyl adjacent to an activating group) is 1. The minimum absolute atomic E-state index is 0.0145. The molecule has 162 valence electrons. The molecule has 0 fully saturated rings. The molecule has 1 aromatic heterocycles. The van der Waals surface area contributed by atoms with Gasteiger partial charge in [0.2, 0.25) is 0 Å². The highest BCUT2D eigenvalue weighted by molar-refractivity contribution is 5.92. The summed E-state index contributed by atoms with van der Waals surface area (Å²) in [5.74, 6) is 0.399. The molecule has 3 rings (SSSR count). The van der Waals surface area contributed by atoms with Gasteiger partial charge < -0.3 is 19.5 Å². The monoisotopic (exact) mass is 416 g/mol. The van der Waals surface area contributed by atoms with Crippen LogP contribution in [0.15, 0.2) is 24.5 Å². The number of methoxy groups -OCH3 is 1. The third-order valence-electron chi connectivity index (χ3n) is 5.23. The molecular weight excluding hydrogens is 388 g/mol. The molecule has 0 aliphatic carbocycles. The van der Waals surface area contributed by atoms with Gasteiger partial charge in [-0.05, 0) is 31.9 Å². The Bertz CT molecular complexity index is 924. The van der Waals surface area contributed by atoms with Crippen molar-refractivity contribution in [1.82, 2.24) is 14.7 Å². The quantitative estimate of drug-likeness (QED) is 0.773. The van der Waals surface area contributed by atoms with Crippen LogP contribution in [-0.4, -0.2) is 72.2 Å². The Kier molecular flexibility index (Phi) is 6.61. The summed E-state index contributed by atoms with van der Waals surface area (Å²) >= 11 is 0. The van der Waals surface area contributed by atoms with Gasteiger partial charge in [-0.3, -0.25) is 14.4 Å². The molecule has 2 heterocycles. The van der Waals surface area contributed by atoms with Crippen molar-refractivity contribution in [1.29, 1.82) is 0 Å². The smallest absolute Gasteiger partial charge is 0.414 e. The molecule has 1 aliphatic rings. The number of carbonyl (C=O) groups is 2. The highest BCUT2D eigenvalue weighted by atomic mass is 16.5. The van der Waals surface area contributed by atoms with E-state index in [0.717, 1.165) is 28.8 Å². The van der Waals surface area contributed by atoms with Crippen LogP contribution in [0.2, 0.25) is 0 Å². The van der Waals surface area contributed by atoms with Gasteiger partial charge in [0.1, 0.15) is 5.75 Å². The fourth-order valence-electron chi connectivity index (χ4n) is 3.56. The van der Waals surface area contributed by atoms with Gasteiger partial charge in [-0.2, -0.15) is 5.10 Å². The number of nitrogens with zero attached hydrogens (tertiary/aromatic N) is 4. The standard InChI is InChI=1S/C21H28N4O5/c1-14-5-6-17-18(25(14)21(28)29-4)8-7-16(15-11-22-24(12-15)9-10-26)20(17)30-13-19(27)23(2)3/h7-8,11-12,14,26H,5-6,9-10,13H2,1-4H3/t14-/m0/s1. The second kappa shape index (κ2) is 9.17. The first-order valence-electron chi connectivity index (χ1n) is 9.87. The minimum Gasteiger partial charge on any atom is -0.483 e. The Hall–Kier alpha value is -3.07. The second-order valence-electron chi connectivity index (χ2n) is 7.46. The van der Waals surface area contributed by atoms with Crippen molar-refractivity contribution >= 4 is 17.7 Å². The first-order valence-corrected chi connectivity index (χ1v) is 9.87. The summed E-state index contributed by atoms with van der Waals surface area (Å²) in [4.78, 5) is 27.7. The van der Waals surface area contributed by atoms with E-state index in [1.165, 1.54) is 12.0 Å². The van der Waals surface area contributed by atoms with Crippen molar-refractivity contribution in [3.63, 3.8) is 0 Å². The normalized spacial score (nSPS) is 15.5. The molecular formula is C21H28N4O5. The van der Waals surface area contributed by atoms with Gasteiger partial charge in [0.05, 0.1) is 32.1 Å². The predicted octanol–water partition coefficient (Wildman–Crippen LogP) is 1.92. The number of rotatable bonds is 6. The molecule has 2 aromatic rings. The summed E-state index contributed by atoms with van der Waals surface area (Å²) in [6.45, 7) is 2.23. The van der Waals surface area contributed by atoms with E-state index < -0.39 is 6.09 Å². The van der Waals surface area contributed by atoms with Crippen molar-refractivity contribution in [3.8, 4) is 16.9 Å². The van der Waals surface area contributed by atoms with E-state index in [2.05, 4.69) is 5.10 Å². The Morgan fingerprint density at radius 3 is 2.77 bits per heavy atom. The minimum atomic E-state index is -0.428. The predicted molar refractivity (Wildman–Crippen MR) is 112 cm³/mol. The molecule has 0 unspecified atom stereocenters. The van der Waals surface area contributed by atoms with Gasteiger partial charge >= 0.3 is 6.09 Å². The van der Waals surface area contributed by atoms with Crippen LogP contribution in [0.25, 0.3) is 11.1 Å². The highest BCUT2D eigenvalue weighted by Crippen LogP contribution is 2.43. The number of carbonyl (C=O) groups excluding carboxylic acids is 2. The number of hydrogen-bond acceptors (Lipinski definition) is 6. The van der Waals surface area contributed by atoms with E-state index in [4.69, 9.17) is 14.6 Å². The van der Waals surface area contributed by atoms with Crippen molar-refractivity contribution in [2.75, 3.05) is 39.3 Å². The molecule has 0 radical (unpaired) electrons. The zero-order valence-electron chi connectivity index (χ0n) is 17.8. The Balaban J connectivity index is 2.08. The Labute approximate surface area is 175 Å². The Morgan fingerprint density at radius 2 is 2.10 bits per heavy atom. The summed E-state index contributed by atoms with van der Waals surface area (Å²) in [5, 5.41) is 13.4. The van der Waals surface area contributed by atoms with Crippen LogP contribution >= 0.6 is 0 Å². The molecule has 9 heteroatoms. The fraction of sp³-hybridized carbons (Fsp3) is 0.476. The molecule has 0 saturated carbocycles. The van der Waals surface area contributed by atoms with Gasteiger partial charge in [-0.15, -0.1) is 0 Å². The molecule has 1 aromatic carbocycles. The number of anilines is 1. The third kappa shape index (κ3) is 4.25. The van der Waals surface area contributed by atoms with Crippen molar-refractivity contribution in [3.05, 3.63) is 30.1 Å². The first kappa shape index (κ1) is 21.6. The van der Waals surface area contributed by atoms with Crippen molar-refractivity contribution < 1.29 is 24.2 Å². The SMILES string of the molecule is COC(=O)N1c2ccc(-c3cnn(CCO)c3)c(OCC(=O)N(C)C)c2CC[C@@H]1C. The number of amides is 2. The lowest BCUT2D eigenvalue weighted by atomic mass is 9.92. The molecule has 1 atom stereocenters. The highest BCUT2D eigenvalue weighted by Gasteiger charge is 2.32. The lowest BCUT2D eigenvalue weighted by Gasteiger charge is -2.35. The van der Waals surface area contributed by atoms with E-state index in [0.29, 0.717) is 18.7 Å². The van der Waals surface area contributed by atoms with Crippen LogP contribution < -0.4 is 9.64 Å². The first-order chi connectivity index (χ1) is 14.4. The molecule has 9 nitrogen and oxygen atoms in total. The van der Waals surface area contributed by atoms with Crippen LogP contribution in [-0.2, 0) is 22.5 Å². The molecule has 0 bridgehead atoms. The van der Waals surface area contributed by atoms with E-state index >= 15 is 0 Å². The summed E-state index contributed by atoms with van der Waals surface area (Å²) < 4.78 is 12.6. The van der Waals surface area contributed by atoms with Gasteiger partial charge in [-0.25, -0.2) is 4.79 Å². The van der Waals surface area contributed by atoms with Gasteiger partial charge in [0.15, 0.2) is 6.61 Å². The van der Waals surface area contributed by atoms with Crippen molar-refractivity contribution in [2.24, 2.45) is 0 Å². The average molecular weight is 416 g/mol. The lowest BCUT2D eigenvalue weighted by Crippen LogP contribution is -2.42. The topological polar surface area (TPSA) is 97.1 Å². The zero-order valence-corrected chi connectivity index (χ0v) is 17.8. The van der Waals surface area contributed by atoms with E-state index in [1.54, 1.807) is 29.9 Å². The Morgan fingerprint density at radius 1 is 1.33 bits per heavy atom. The molecule has 0 saturated heterocycles. The molecule has 1 aliphatic heterocycles. The number of hydrogen-bond donors (Lipinski definition) is 1. The van der Waals surface area contributed by atoms with E-state index in [9.17, 15) is 9.59 Å². The molecule has 30 heavy (non-hydrogen) atoms. The summed E-state index contributed by atoms with van der Waals surface area (Å²) in [7, 11) is 4.71. The maximum absolute atomic E-state index is 12.4. The van der Waals surface area contributed by atoms with Crippen LogP contribution in [0.5, 0.6) is 5.75 Å². The van der Waals surface area contributed by atoms with Gasteiger partial charge in [0.25, 0.3) is 5.91 Å². The van der Waals surface area contributed by atoms with Crippen LogP contribution in [0.1, 0.15) is 18.9 Å². The number of ether oxygens (including phenoxy) is 2. The number of aliphatic hydroxyl groups excluding tert-OH is 1. The van der Waals surface area contributed by atoms with Gasteiger partial charge in [-0.1, -0.05) is 0 Å². The zero-order chi connectivity index (χ0) is 21.8. The van der Waals surface area contributed by atoms with Crippen molar-refractivity contribution in [2.45, 2.75) is 32.4 Å². The molecule has 2 amide bonds. The van der Waals surface area contributed by atoms with E-state index in [-0.39, 0.29) is 25.2 Å². The van der Waals surface area contributed by atoms with Crippen LogP contribution in [0, 0.1) is 0 Å². The largest absolute Gasteiger partial charge is 0.483 e. The third-order valence-corrected chi connectivity index (χ3v) is 5.23. The number of aliphatic hydroxyl groups is 1. The lowest BCUT2D eigenvalue weighted by molar-refractivity contribution is -0.130. The molecule has 1 N–H and O–H groups in total. The number of fused-ring (bicyclic) bond motifs is 1. The summed E-state index contributed by atoms with van der Waals surface area (Å²) in [6, 6.07) is 3.73. The maximum Gasteiger partial charge on any atom is 0.414 e. The summed E-state index contributed by atoms with van der Waals surface area (Å²) in [5.41, 5.74) is 3.17. The van der Waals surface area contributed by atoms with Gasteiger partial charge in [0, 0.05) is 43.0 Å². The van der Waals surface area contributed by atoms with Crippen LogP contribution in [0.3, 0.4) is 0 Å². The van der Waals surface area contributed by atoms with E-state index in [1.807, 2.05) is 25.3 Å². The van der Waals surface area contributed by atoms with Crippen LogP contribution in [0.4, 0.5) is 10.5 Å². The summed E-state index contributed by atoms with van der Waals surface area (Å²) in [6.07, 6.45) is 4.53. The fourth-order valence-corrected chi connectivity index (χ4v) is 3.56. The average Bonchev–Trinajstić information content (AvgIpc) is 3.19.